The largest absolute Gasteiger partial charge is 0.478 e. The maximum absolute atomic E-state index is 11.8. The topological polar surface area (TPSA) is 37.3 Å². The van der Waals surface area contributed by atoms with Gasteiger partial charge in [0.15, 0.2) is 0 Å². The number of carboxylic acids is 1. The lowest BCUT2D eigenvalue weighted by Gasteiger charge is -2.28. The van der Waals surface area contributed by atoms with Crippen LogP contribution in [0.15, 0.2) is 48.5 Å². The Hall–Kier alpha value is -2.35. The first-order valence-electron chi connectivity index (χ1n) is 10.8. The van der Waals surface area contributed by atoms with Crippen LogP contribution in [-0.2, 0) is 0 Å². The van der Waals surface area contributed by atoms with Crippen molar-refractivity contribution in [3.05, 3.63) is 65.2 Å². The summed E-state index contributed by atoms with van der Waals surface area (Å²) in [5.41, 5.74) is 4.66. The molecule has 0 amide bonds. The summed E-state index contributed by atoms with van der Waals surface area (Å²) in [5.74, 6) is 0.561. The highest BCUT2D eigenvalue weighted by molar-refractivity contribution is 5.96. The number of aromatic carboxylic acids is 1. The van der Waals surface area contributed by atoms with Gasteiger partial charge in [-0.2, -0.15) is 0 Å². The van der Waals surface area contributed by atoms with E-state index >= 15 is 0 Å². The van der Waals surface area contributed by atoms with Crippen molar-refractivity contribution in [1.29, 1.82) is 0 Å². The van der Waals surface area contributed by atoms with Gasteiger partial charge in [-0.05, 0) is 72.3 Å². The van der Waals surface area contributed by atoms with Gasteiger partial charge in [-0.1, -0.05) is 75.2 Å². The molecular weight excluding hydrogens is 344 g/mol. The smallest absolute Gasteiger partial charge is 0.336 e. The maximum Gasteiger partial charge on any atom is 0.336 e. The molecule has 2 nitrogen and oxygen atoms in total. The Morgan fingerprint density at radius 3 is 2.36 bits per heavy atom. The third-order valence-electron chi connectivity index (χ3n) is 6.16. The molecule has 1 N–H and O–H groups in total. The molecule has 2 aromatic rings. The van der Waals surface area contributed by atoms with E-state index in [9.17, 15) is 9.90 Å². The fourth-order valence-electron chi connectivity index (χ4n) is 4.31. The van der Waals surface area contributed by atoms with Gasteiger partial charge >= 0.3 is 5.97 Å². The van der Waals surface area contributed by atoms with Crippen LogP contribution in [0.3, 0.4) is 0 Å². The van der Waals surface area contributed by atoms with Crippen molar-refractivity contribution in [2.24, 2.45) is 5.92 Å². The number of hydrogen-bond donors (Lipinski definition) is 1. The van der Waals surface area contributed by atoms with Gasteiger partial charge in [-0.3, -0.25) is 0 Å². The summed E-state index contributed by atoms with van der Waals surface area (Å²) >= 11 is 0. The molecule has 0 aromatic heterocycles. The predicted molar refractivity (Wildman–Crippen MR) is 118 cm³/mol. The van der Waals surface area contributed by atoms with Crippen LogP contribution >= 0.6 is 0 Å². The van der Waals surface area contributed by atoms with Crippen LogP contribution in [0.2, 0.25) is 0 Å². The number of carbonyl (C=O) groups is 1. The summed E-state index contributed by atoms with van der Waals surface area (Å²) in [6, 6.07) is 14.2. The van der Waals surface area contributed by atoms with Gasteiger partial charge in [-0.15, -0.1) is 0 Å². The van der Waals surface area contributed by atoms with Crippen molar-refractivity contribution in [3.8, 4) is 11.1 Å². The quantitative estimate of drug-likeness (QED) is 0.541. The average molecular weight is 377 g/mol. The average Bonchev–Trinajstić information content (AvgIpc) is 2.74. The van der Waals surface area contributed by atoms with E-state index in [-0.39, 0.29) is 0 Å². The molecule has 28 heavy (non-hydrogen) atoms. The lowest BCUT2D eigenvalue weighted by Crippen LogP contribution is -2.13. The Kier molecular flexibility index (Phi) is 7.08. The Balaban J connectivity index is 1.87. The van der Waals surface area contributed by atoms with Gasteiger partial charge < -0.3 is 5.11 Å². The Labute approximate surface area is 169 Å². The first-order valence-corrected chi connectivity index (χ1v) is 10.8. The Morgan fingerprint density at radius 2 is 1.75 bits per heavy atom. The highest BCUT2D eigenvalue weighted by Crippen LogP contribution is 2.38. The highest BCUT2D eigenvalue weighted by atomic mass is 16.4. The van der Waals surface area contributed by atoms with Crippen LogP contribution < -0.4 is 0 Å². The summed E-state index contributed by atoms with van der Waals surface area (Å²) in [7, 11) is 0. The molecule has 0 heterocycles. The van der Waals surface area contributed by atoms with E-state index < -0.39 is 5.97 Å². The minimum absolute atomic E-state index is 0.389. The second-order valence-electron chi connectivity index (χ2n) is 8.05. The Morgan fingerprint density at radius 1 is 1.04 bits per heavy atom. The van der Waals surface area contributed by atoms with E-state index in [2.05, 4.69) is 44.2 Å². The molecule has 0 saturated heterocycles. The van der Waals surface area contributed by atoms with E-state index in [0.29, 0.717) is 11.5 Å². The molecule has 1 aliphatic carbocycles. The van der Waals surface area contributed by atoms with E-state index in [1.54, 1.807) is 6.07 Å². The van der Waals surface area contributed by atoms with Crippen LogP contribution in [-0.4, -0.2) is 11.1 Å². The molecule has 0 unspecified atom stereocenters. The number of benzene rings is 2. The molecular formula is C26H32O2. The van der Waals surface area contributed by atoms with E-state index in [0.717, 1.165) is 35.4 Å². The maximum atomic E-state index is 11.8. The number of allylic oxidation sites excluding steroid dienone is 1. The van der Waals surface area contributed by atoms with Gasteiger partial charge in [0, 0.05) is 0 Å². The first kappa shape index (κ1) is 20.4. The third kappa shape index (κ3) is 4.92. The van der Waals surface area contributed by atoms with E-state index in [4.69, 9.17) is 0 Å². The minimum Gasteiger partial charge on any atom is -0.478 e. The van der Waals surface area contributed by atoms with Gasteiger partial charge in [-0.25, -0.2) is 4.79 Å². The molecule has 3 rings (SSSR count). The fraction of sp³-hybridized carbons (Fsp3) is 0.423. The molecule has 0 aliphatic heterocycles. The third-order valence-corrected chi connectivity index (χ3v) is 6.16. The lowest BCUT2D eigenvalue weighted by atomic mass is 9.77. The van der Waals surface area contributed by atoms with Gasteiger partial charge in [0.1, 0.15) is 0 Å². The van der Waals surface area contributed by atoms with Gasteiger partial charge in [0.05, 0.1) is 5.56 Å². The second-order valence-corrected chi connectivity index (χ2v) is 8.05. The summed E-state index contributed by atoms with van der Waals surface area (Å²) in [6.07, 6.45) is 12.8. The van der Waals surface area contributed by atoms with Crippen molar-refractivity contribution in [2.45, 2.75) is 64.7 Å². The van der Waals surface area contributed by atoms with Crippen molar-refractivity contribution >= 4 is 12.0 Å². The molecule has 148 valence electrons. The van der Waals surface area contributed by atoms with E-state index in [1.807, 2.05) is 18.2 Å². The molecule has 0 spiro atoms. The number of carboxylic acid groups (broad SMARTS) is 1. The zero-order valence-electron chi connectivity index (χ0n) is 17.2. The monoisotopic (exact) mass is 376 g/mol. The van der Waals surface area contributed by atoms with Crippen molar-refractivity contribution in [1.82, 2.24) is 0 Å². The molecule has 1 fully saturated rings. The molecule has 0 bridgehead atoms. The fourth-order valence-corrected chi connectivity index (χ4v) is 4.31. The van der Waals surface area contributed by atoms with Gasteiger partial charge in [0.25, 0.3) is 0 Å². The van der Waals surface area contributed by atoms with Crippen molar-refractivity contribution < 1.29 is 9.90 Å². The van der Waals surface area contributed by atoms with Crippen LogP contribution in [0, 0.1) is 5.92 Å². The van der Waals surface area contributed by atoms with Crippen LogP contribution in [0.1, 0.15) is 86.2 Å². The standard InChI is InChI=1S/C26H32O2/c1-3-5-6-7-20-10-14-22(15-11-20)25-18-23(16-17-24(25)26(27)28)21-12-8-19(4-2)9-13-21/h6-7,10-11,14-19,21H,3-5,8-9,12-13H2,1-2H3,(H,27,28)/b7-6+. The van der Waals surface area contributed by atoms with E-state index in [1.165, 1.54) is 37.7 Å². The van der Waals surface area contributed by atoms with Crippen molar-refractivity contribution in [2.75, 3.05) is 0 Å². The number of unbranched alkanes of at least 4 members (excludes halogenated alkanes) is 1. The predicted octanol–water partition coefficient (Wildman–Crippen LogP) is 7.55. The minimum atomic E-state index is -0.858. The number of hydrogen-bond acceptors (Lipinski definition) is 1. The molecule has 2 aromatic carbocycles. The molecule has 2 heteroatoms. The molecule has 1 saturated carbocycles. The van der Waals surface area contributed by atoms with Crippen LogP contribution in [0.4, 0.5) is 0 Å². The van der Waals surface area contributed by atoms with Crippen LogP contribution in [0.25, 0.3) is 17.2 Å². The molecule has 0 atom stereocenters. The summed E-state index contributed by atoms with van der Waals surface area (Å²) < 4.78 is 0. The first-order chi connectivity index (χ1) is 13.6. The lowest BCUT2D eigenvalue weighted by molar-refractivity contribution is 0.0697. The number of rotatable bonds is 7. The normalized spacial score (nSPS) is 19.8. The molecule has 1 aliphatic rings. The highest BCUT2D eigenvalue weighted by Gasteiger charge is 2.23. The zero-order chi connectivity index (χ0) is 19.9. The zero-order valence-corrected chi connectivity index (χ0v) is 17.2. The second kappa shape index (κ2) is 9.73. The van der Waals surface area contributed by atoms with Crippen molar-refractivity contribution in [3.63, 3.8) is 0 Å². The summed E-state index contributed by atoms with van der Waals surface area (Å²) in [4.78, 5) is 11.8. The van der Waals surface area contributed by atoms with Gasteiger partial charge in [0.2, 0.25) is 0 Å². The summed E-state index contributed by atoms with van der Waals surface area (Å²) in [5, 5.41) is 9.68. The molecule has 0 radical (unpaired) electrons. The SMILES string of the molecule is CCC/C=C/c1ccc(-c2cc(C3CCC(CC)CC3)ccc2C(=O)O)cc1. The summed E-state index contributed by atoms with van der Waals surface area (Å²) in [6.45, 7) is 4.45. The Bertz CT molecular complexity index is 809. The van der Waals surface area contributed by atoms with Crippen LogP contribution in [0.5, 0.6) is 0 Å².